The molecule has 0 saturated carbocycles. The Bertz CT molecular complexity index is 1090. The highest BCUT2D eigenvalue weighted by Crippen LogP contribution is 2.48. The molecular weight excluding hydrogens is 432 g/mol. The molecule has 0 aliphatic heterocycles. The number of benzene rings is 2. The zero-order valence-electron chi connectivity index (χ0n) is 18.9. The molecule has 1 aliphatic carbocycles. The third-order valence-electron chi connectivity index (χ3n) is 6.63. The van der Waals surface area contributed by atoms with Crippen molar-refractivity contribution in [1.29, 1.82) is 0 Å². The summed E-state index contributed by atoms with van der Waals surface area (Å²) in [5, 5.41) is 62.7. The van der Waals surface area contributed by atoms with E-state index in [1.807, 2.05) is 6.92 Å². The lowest BCUT2D eigenvalue weighted by molar-refractivity contribution is -0.148. The molecule has 9 heteroatoms. The van der Waals surface area contributed by atoms with Crippen molar-refractivity contribution < 1.29 is 45.0 Å². The molecule has 0 saturated heterocycles. The van der Waals surface area contributed by atoms with E-state index in [0.717, 1.165) is 0 Å². The van der Waals surface area contributed by atoms with Crippen LogP contribution >= 0.6 is 0 Å². The average molecular weight is 462 g/mol. The first-order chi connectivity index (χ1) is 15.5. The van der Waals surface area contributed by atoms with Crippen molar-refractivity contribution in [3.63, 3.8) is 0 Å². The molecule has 1 aliphatic rings. The molecule has 0 spiro atoms. The molecule has 0 amide bonds. The number of methoxy groups -OCH3 is 1. The number of fused-ring (bicyclic) bond motifs is 2. The minimum atomic E-state index is -1.77. The molecule has 6 N–H and O–H groups in total. The summed E-state index contributed by atoms with van der Waals surface area (Å²) in [5.74, 6) is -4.06. The molecule has 0 radical (unpaired) electrons. The van der Waals surface area contributed by atoms with Gasteiger partial charge >= 0.3 is 0 Å². The lowest BCUT2D eigenvalue weighted by Crippen LogP contribution is -2.50. The minimum absolute atomic E-state index is 0.00949. The summed E-state index contributed by atoms with van der Waals surface area (Å²) < 4.78 is 5.19. The predicted molar refractivity (Wildman–Crippen MR) is 119 cm³/mol. The number of aliphatic hydroxyl groups is 3. The normalized spacial score (nSPS) is 22.0. The summed E-state index contributed by atoms with van der Waals surface area (Å²) in [5.41, 5.74) is 0.358. The number of phenolic OH excluding ortho intramolecular Hbond substituents is 3. The van der Waals surface area contributed by atoms with E-state index < -0.39 is 47.6 Å². The Labute approximate surface area is 190 Å². The molecule has 0 fully saturated rings. The van der Waals surface area contributed by atoms with Gasteiger partial charge in [-0.3, -0.25) is 9.59 Å². The topological polar surface area (TPSA) is 165 Å². The van der Waals surface area contributed by atoms with Gasteiger partial charge in [0.05, 0.1) is 17.1 Å². The highest BCUT2D eigenvalue weighted by molar-refractivity contribution is 6.11. The maximum absolute atomic E-state index is 13.1. The lowest BCUT2D eigenvalue weighted by Gasteiger charge is -2.34. The van der Waals surface area contributed by atoms with Crippen molar-refractivity contribution in [2.45, 2.75) is 63.9 Å². The first-order valence-electron chi connectivity index (χ1n) is 10.8. The van der Waals surface area contributed by atoms with E-state index in [9.17, 15) is 40.2 Å². The van der Waals surface area contributed by atoms with Gasteiger partial charge in [-0.2, -0.15) is 0 Å². The van der Waals surface area contributed by atoms with Crippen LogP contribution in [-0.4, -0.2) is 73.7 Å². The summed E-state index contributed by atoms with van der Waals surface area (Å²) in [6, 6.07) is 2.89. The van der Waals surface area contributed by atoms with Crippen LogP contribution in [0, 0.1) is 5.92 Å². The van der Waals surface area contributed by atoms with Crippen molar-refractivity contribution in [3.8, 4) is 17.2 Å². The van der Waals surface area contributed by atoms with Gasteiger partial charge in [0.1, 0.15) is 35.6 Å². The van der Waals surface area contributed by atoms with E-state index in [1.165, 1.54) is 26.2 Å². The molecule has 2 aromatic carbocycles. The number of ketones is 2. The molecular formula is C24H30O9. The van der Waals surface area contributed by atoms with E-state index in [4.69, 9.17) is 4.74 Å². The van der Waals surface area contributed by atoms with E-state index in [-0.39, 0.29) is 51.3 Å². The van der Waals surface area contributed by atoms with Gasteiger partial charge in [-0.1, -0.05) is 13.8 Å². The second kappa shape index (κ2) is 9.26. The van der Waals surface area contributed by atoms with Crippen LogP contribution in [0.2, 0.25) is 0 Å². The summed E-state index contributed by atoms with van der Waals surface area (Å²) >= 11 is 0. The van der Waals surface area contributed by atoms with Crippen LogP contribution in [0.5, 0.6) is 17.2 Å². The van der Waals surface area contributed by atoms with E-state index in [2.05, 4.69) is 0 Å². The van der Waals surface area contributed by atoms with Crippen LogP contribution < -0.4 is 0 Å². The largest absolute Gasteiger partial charge is 0.507 e. The van der Waals surface area contributed by atoms with Crippen molar-refractivity contribution in [2.24, 2.45) is 5.92 Å². The van der Waals surface area contributed by atoms with Crippen LogP contribution in [0.3, 0.4) is 0 Å². The van der Waals surface area contributed by atoms with Gasteiger partial charge < -0.3 is 35.4 Å². The van der Waals surface area contributed by atoms with E-state index in [1.54, 1.807) is 6.92 Å². The molecule has 9 nitrogen and oxygen atoms in total. The Morgan fingerprint density at radius 1 is 1.15 bits per heavy atom. The Hall–Kier alpha value is -2.72. The zero-order chi connectivity index (χ0) is 24.8. The smallest absolute Gasteiger partial charge is 0.195 e. The van der Waals surface area contributed by atoms with Gasteiger partial charge in [-0.05, 0) is 48.8 Å². The molecule has 6 atom stereocenters. The fraction of sp³-hybridized carbons (Fsp3) is 0.500. The number of Topliss-reactive ketones (excluding diaryl/α,β-unsaturated/α-hetero) is 2. The van der Waals surface area contributed by atoms with Gasteiger partial charge in [0, 0.05) is 18.6 Å². The van der Waals surface area contributed by atoms with Crippen molar-refractivity contribution >= 4 is 22.3 Å². The summed E-state index contributed by atoms with van der Waals surface area (Å²) in [7, 11) is 1.19. The number of phenols is 3. The Kier molecular flexibility index (Phi) is 6.99. The molecule has 180 valence electrons. The number of hydrogen-bond acceptors (Lipinski definition) is 9. The Morgan fingerprint density at radius 3 is 2.33 bits per heavy atom. The quantitative estimate of drug-likeness (QED) is 0.358. The highest BCUT2D eigenvalue weighted by atomic mass is 16.5. The van der Waals surface area contributed by atoms with Gasteiger partial charge in [-0.15, -0.1) is 0 Å². The van der Waals surface area contributed by atoms with Crippen LogP contribution in [0.15, 0.2) is 12.1 Å². The summed E-state index contributed by atoms with van der Waals surface area (Å²) in [6.45, 7) is 4.91. The fourth-order valence-corrected chi connectivity index (χ4v) is 4.60. The maximum Gasteiger partial charge on any atom is 0.195 e. The van der Waals surface area contributed by atoms with Crippen molar-refractivity contribution in [2.75, 3.05) is 7.11 Å². The molecule has 33 heavy (non-hydrogen) atoms. The zero-order valence-corrected chi connectivity index (χ0v) is 18.9. The van der Waals surface area contributed by atoms with Crippen LogP contribution in [0.25, 0.3) is 10.8 Å². The average Bonchev–Trinajstić information content (AvgIpc) is 2.75. The van der Waals surface area contributed by atoms with Gasteiger partial charge in [-0.25, -0.2) is 0 Å². The van der Waals surface area contributed by atoms with E-state index >= 15 is 0 Å². The number of hydrogen-bond donors (Lipinski definition) is 6. The summed E-state index contributed by atoms with van der Waals surface area (Å²) in [6.07, 6.45) is -5.73. The second-order valence-corrected chi connectivity index (χ2v) is 8.75. The van der Waals surface area contributed by atoms with Crippen LogP contribution in [-0.2, 0) is 16.0 Å². The first-order valence-corrected chi connectivity index (χ1v) is 10.8. The van der Waals surface area contributed by atoms with E-state index in [0.29, 0.717) is 6.42 Å². The number of rotatable bonds is 7. The van der Waals surface area contributed by atoms with Crippen LogP contribution in [0.4, 0.5) is 0 Å². The Morgan fingerprint density at radius 2 is 1.79 bits per heavy atom. The van der Waals surface area contributed by atoms with Gasteiger partial charge in [0.2, 0.25) is 0 Å². The third kappa shape index (κ3) is 4.06. The number of carbonyl (C=O) groups is 2. The molecule has 0 aromatic heterocycles. The molecule has 3 rings (SSSR count). The molecule has 0 bridgehead atoms. The monoisotopic (exact) mass is 462 g/mol. The number of aromatic hydroxyl groups is 3. The predicted octanol–water partition coefficient (Wildman–Crippen LogP) is 1.51. The second-order valence-electron chi connectivity index (χ2n) is 8.75. The molecule has 2 aromatic rings. The van der Waals surface area contributed by atoms with Crippen LogP contribution in [0.1, 0.15) is 54.6 Å². The highest BCUT2D eigenvalue weighted by Gasteiger charge is 2.45. The number of carbonyl (C=O) groups excluding carboxylic acids is 2. The lowest BCUT2D eigenvalue weighted by atomic mass is 9.75. The third-order valence-corrected chi connectivity index (χ3v) is 6.63. The van der Waals surface area contributed by atoms with Crippen molar-refractivity contribution in [1.82, 2.24) is 0 Å². The minimum Gasteiger partial charge on any atom is -0.507 e. The molecule has 0 unspecified atom stereocenters. The first kappa shape index (κ1) is 24.9. The van der Waals surface area contributed by atoms with Gasteiger partial charge in [0.25, 0.3) is 0 Å². The van der Waals surface area contributed by atoms with Gasteiger partial charge in [0.15, 0.2) is 11.6 Å². The summed E-state index contributed by atoms with van der Waals surface area (Å²) in [4.78, 5) is 25.7. The SMILES string of the molecule is CC[C@@H](C)c1c(O)cc2cc3c(c(O)c2c1O)C(=O)[C@@H](O)[C@H]([C@H](OC)C(=O)[C@@H](O)[C@@H](C)O)C3. The fourth-order valence-electron chi connectivity index (χ4n) is 4.60. The standard InChI is InChI=1S/C24H30O9/c1-5-9(2)15-14(26)8-12-6-11-7-13(24(33-4)23(32)18(27)10(3)25)19(28)22(31)17(11)21(30)16(12)20(15)29/h6,8-10,13,18-19,24-30H,5,7H2,1-4H3/t9-,10-,13-,18+,19+,24+/m1/s1. The Balaban J connectivity index is 2.16. The maximum atomic E-state index is 13.1. The number of ether oxygens (including phenoxy) is 1. The molecule has 0 heterocycles. The number of aliphatic hydroxyl groups excluding tert-OH is 3. The van der Waals surface area contributed by atoms with Crippen molar-refractivity contribution in [3.05, 3.63) is 28.8 Å².